The highest BCUT2D eigenvalue weighted by Crippen LogP contribution is 2.40. The maximum atomic E-state index is 10.7. The standard InChI is InChI=1S/C16H20BrN5OS/c1-10-4-6-21(7-5-10)9-22-13-3-2-11(17)8-12(13)14(15(22)23)19-20-16(18)24/h2-3,8,10,23H,4-7,9H2,1H3,(H2,18,24). The van der Waals surface area contributed by atoms with Gasteiger partial charge in [-0.2, -0.15) is 0 Å². The number of nitrogens with zero attached hydrogens (tertiary/aromatic N) is 4. The molecule has 6 nitrogen and oxygen atoms in total. The number of azo groups is 1. The number of aromatic hydroxyl groups is 1. The second-order valence-electron chi connectivity index (χ2n) is 6.24. The number of hydrogen-bond donors (Lipinski definition) is 2. The summed E-state index contributed by atoms with van der Waals surface area (Å²) in [5.74, 6) is 0.851. The van der Waals surface area contributed by atoms with Crippen LogP contribution in [-0.2, 0) is 6.67 Å². The number of benzene rings is 1. The Hall–Kier alpha value is -1.51. The van der Waals surface area contributed by atoms with Gasteiger partial charge in [-0.15, -0.1) is 10.2 Å². The lowest BCUT2D eigenvalue weighted by Gasteiger charge is -2.30. The van der Waals surface area contributed by atoms with Crippen molar-refractivity contribution < 1.29 is 5.11 Å². The van der Waals surface area contributed by atoms with E-state index in [0.717, 1.165) is 34.4 Å². The lowest BCUT2D eigenvalue weighted by atomic mass is 10.00. The zero-order valence-electron chi connectivity index (χ0n) is 13.4. The molecule has 3 N–H and O–H groups in total. The molecule has 0 saturated carbocycles. The van der Waals surface area contributed by atoms with Gasteiger partial charge in [-0.05, 0) is 49.2 Å². The maximum Gasteiger partial charge on any atom is 0.221 e. The summed E-state index contributed by atoms with van der Waals surface area (Å²) in [5, 5.41) is 19.2. The van der Waals surface area contributed by atoms with Crippen molar-refractivity contribution in [3.05, 3.63) is 22.7 Å². The molecule has 1 aliphatic heterocycles. The topological polar surface area (TPSA) is 79.1 Å². The predicted molar refractivity (Wildman–Crippen MR) is 103 cm³/mol. The third-order valence-corrected chi connectivity index (χ3v) is 5.01. The third-order valence-electron chi connectivity index (χ3n) is 4.44. The first kappa shape index (κ1) is 17.3. The number of thiocarbonyl (C=S) groups is 1. The Bertz CT molecular complexity index is 795. The first-order valence-electron chi connectivity index (χ1n) is 7.90. The highest BCUT2D eigenvalue weighted by atomic mass is 79.9. The number of hydrogen-bond acceptors (Lipinski definition) is 4. The van der Waals surface area contributed by atoms with E-state index in [4.69, 9.17) is 18.0 Å². The van der Waals surface area contributed by atoms with Crippen molar-refractivity contribution in [1.29, 1.82) is 0 Å². The van der Waals surface area contributed by atoms with E-state index in [0.29, 0.717) is 12.4 Å². The molecule has 2 aromatic rings. The molecule has 1 aliphatic rings. The van der Waals surface area contributed by atoms with Crippen molar-refractivity contribution >= 4 is 49.9 Å². The predicted octanol–water partition coefficient (Wildman–Crippen LogP) is 4.13. The number of piperidine rings is 1. The molecule has 0 spiro atoms. The van der Waals surface area contributed by atoms with Gasteiger partial charge >= 0.3 is 0 Å². The molecular formula is C16H20BrN5OS. The van der Waals surface area contributed by atoms with E-state index in [2.05, 4.69) is 38.0 Å². The first-order valence-corrected chi connectivity index (χ1v) is 9.10. The normalized spacial score (nSPS) is 17.1. The summed E-state index contributed by atoms with van der Waals surface area (Å²) in [5.41, 5.74) is 6.70. The molecule has 2 heterocycles. The van der Waals surface area contributed by atoms with Gasteiger partial charge in [0.15, 0.2) is 5.69 Å². The summed E-state index contributed by atoms with van der Waals surface area (Å²) < 4.78 is 2.77. The molecule has 1 saturated heterocycles. The Morgan fingerprint density at radius 2 is 2.12 bits per heavy atom. The molecule has 128 valence electrons. The van der Waals surface area contributed by atoms with Crippen molar-refractivity contribution in [2.75, 3.05) is 13.1 Å². The Morgan fingerprint density at radius 3 is 2.79 bits per heavy atom. The van der Waals surface area contributed by atoms with Crippen LogP contribution in [0.25, 0.3) is 10.9 Å². The molecule has 1 fully saturated rings. The maximum absolute atomic E-state index is 10.7. The third kappa shape index (κ3) is 3.60. The quantitative estimate of drug-likeness (QED) is 0.589. The first-order chi connectivity index (χ1) is 11.5. The minimum Gasteiger partial charge on any atom is -0.493 e. The fourth-order valence-electron chi connectivity index (χ4n) is 3.04. The summed E-state index contributed by atoms with van der Waals surface area (Å²) >= 11 is 8.21. The van der Waals surface area contributed by atoms with Crippen molar-refractivity contribution in [3.63, 3.8) is 0 Å². The summed E-state index contributed by atoms with van der Waals surface area (Å²) in [4.78, 5) is 2.34. The van der Waals surface area contributed by atoms with Crippen LogP contribution in [-0.4, -0.2) is 32.8 Å². The minimum absolute atomic E-state index is 0.0599. The van der Waals surface area contributed by atoms with E-state index < -0.39 is 0 Å². The summed E-state index contributed by atoms with van der Waals surface area (Å²) in [6.45, 7) is 4.96. The molecule has 1 aromatic carbocycles. The monoisotopic (exact) mass is 409 g/mol. The molecule has 0 amide bonds. The Balaban J connectivity index is 2.00. The Morgan fingerprint density at radius 1 is 1.42 bits per heavy atom. The van der Waals surface area contributed by atoms with Crippen LogP contribution >= 0.6 is 28.1 Å². The minimum atomic E-state index is -0.0599. The molecule has 0 atom stereocenters. The van der Waals surface area contributed by atoms with Crippen LogP contribution in [0, 0.1) is 5.92 Å². The second kappa shape index (κ2) is 7.16. The zero-order chi connectivity index (χ0) is 17.3. The van der Waals surface area contributed by atoms with Crippen molar-refractivity contribution in [2.24, 2.45) is 21.9 Å². The molecular weight excluding hydrogens is 390 g/mol. The number of rotatable bonds is 3. The van der Waals surface area contributed by atoms with Gasteiger partial charge in [0.1, 0.15) is 0 Å². The SMILES string of the molecule is CC1CCN(Cn2c(O)c(N=NC(N)=S)c3cc(Br)ccc32)CC1. The molecule has 0 bridgehead atoms. The number of nitrogens with two attached hydrogens (primary N) is 1. The number of likely N-dealkylation sites (tertiary alicyclic amines) is 1. The average Bonchev–Trinajstić information content (AvgIpc) is 2.79. The van der Waals surface area contributed by atoms with Crippen LogP contribution in [0.5, 0.6) is 5.88 Å². The van der Waals surface area contributed by atoms with Crippen molar-refractivity contribution in [1.82, 2.24) is 9.47 Å². The molecule has 0 radical (unpaired) electrons. The Kier molecular flexibility index (Phi) is 5.17. The number of fused-ring (bicyclic) bond motifs is 1. The molecule has 8 heteroatoms. The highest BCUT2D eigenvalue weighted by molar-refractivity contribution is 9.10. The van der Waals surface area contributed by atoms with Crippen LogP contribution in [0.1, 0.15) is 19.8 Å². The average molecular weight is 410 g/mol. The van der Waals surface area contributed by atoms with Gasteiger partial charge in [0.25, 0.3) is 0 Å². The second-order valence-corrected chi connectivity index (χ2v) is 7.58. The molecule has 0 aliphatic carbocycles. The van der Waals surface area contributed by atoms with Gasteiger partial charge < -0.3 is 10.8 Å². The van der Waals surface area contributed by atoms with E-state index in [1.165, 1.54) is 12.8 Å². The van der Waals surface area contributed by atoms with Gasteiger partial charge in [0, 0.05) is 22.9 Å². The fourth-order valence-corrected chi connectivity index (χ4v) is 3.44. The molecule has 3 rings (SSSR count). The van der Waals surface area contributed by atoms with Crippen LogP contribution < -0.4 is 5.73 Å². The van der Waals surface area contributed by atoms with E-state index >= 15 is 0 Å². The largest absolute Gasteiger partial charge is 0.493 e. The van der Waals surface area contributed by atoms with E-state index in [1.54, 1.807) is 0 Å². The lowest BCUT2D eigenvalue weighted by Crippen LogP contribution is -2.34. The Labute approximate surface area is 154 Å². The van der Waals surface area contributed by atoms with Crippen LogP contribution in [0.2, 0.25) is 0 Å². The number of halogens is 1. The summed E-state index contributed by atoms with van der Waals surface area (Å²) in [7, 11) is 0. The molecule has 0 unspecified atom stereocenters. The van der Waals surface area contributed by atoms with Gasteiger partial charge in [0.2, 0.25) is 11.0 Å². The highest BCUT2D eigenvalue weighted by Gasteiger charge is 2.21. The number of aromatic nitrogens is 1. The van der Waals surface area contributed by atoms with E-state index in [1.807, 2.05) is 22.8 Å². The van der Waals surface area contributed by atoms with E-state index in [-0.39, 0.29) is 11.0 Å². The van der Waals surface area contributed by atoms with Gasteiger partial charge in [-0.25, -0.2) is 0 Å². The fraction of sp³-hybridized carbons (Fsp3) is 0.438. The van der Waals surface area contributed by atoms with Crippen molar-refractivity contribution in [3.8, 4) is 5.88 Å². The molecule has 24 heavy (non-hydrogen) atoms. The van der Waals surface area contributed by atoms with Crippen LogP contribution in [0.4, 0.5) is 5.69 Å². The van der Waals surface area contributed by atoms with Gasteiger partial charge in [-0.3, -0.25) is 9.47 Å². The van der Waals surface area contributed by atoms with Crippen LogP contribution in [0.3, 0.4) is 0 Å². The van der Waals surface area contributed by atoms with Gasteiger partial charge in [-0.1, -0.05) is 22.9 Å². The van der Waals surface area contributed by atoms with Gasteiger partial charge in [0.05, 0.1) is 12.2 Å². The van der Waals surface area contributed by atoms with E-state index in [9.17, 15) is 5.11 Å². The summed E-state index contributed by atoms with van der Waals surface area (Å²) in [6, 6.07) is 5.83. The lowest BCUT2D eigenvalue weighted by molar-refractivity contribution is 0.151. The zero-order valence-corrected chi connectivity index (χ0v) is 15.8. The smallest absolute Gasteiger partial charge is 0.221 e. The van der Waals surface area contributed by atoms with Crippen LogP contribution in [0.15, 0.2) is 32.9 Å². The molecule has 1 aromatic heterocycles. The summed E-state index contributed by atoms with van der Waals surface area (Å²) in [6.07, 6.45) is 2.36. The van der Waals surface area contributed by atoms with Crippen molar-refractivity contribution in [2.45, 2.75) is 26.4 Å².